The maximum Gasteiger partial charge on any atom is 0.0662 e. The molecule has 114 valence electrons. The first-order valence-electron chi connectivity index (χ1n) is 7.79. The van der Waals surface area contributed by atoms with E-state index in [0.29, 0.717) is 6.04 Å². The first-order valence-corrected chi connectivity index (χ1v) is 7.79. The first kappa shape index (κ1) is 15.8. The number of rotatable bonds is 6. The molecule has 0 aliphatic carbocycles. The van der Waals surface area contributed by atoms with Crippen molar-refractivity contribution < 1.29 is 0 Å². The van der Waals surface area contributed by atoms with Gasteiger partial charge in [0.15, 0.2) is 0 Å². The maximum absolute atomic E-state index is 4.60. The number of hydrogen-bond acceptors (Lipinski definition) is 2. The third-order valence-electron chi connectivity index (χ3n) is 4.06. The van der Waals surface area contributed by atoms with Crippen LogP contribution in [0.25, 0.3) is 0 Å². The molecule has 21 heavy (non-hydrogen) atoms. The van der Waals surface area contributed by atoms with Crippen molar-refractivity contribution in [2.24, 2.45) is 0 Å². The van der Waals surface area contributed by atoms with Gasteiger partial charge in [-0.05, 0) is 50.4 Å². The van der Waals surface area contributed by atoms with Crippen LogP contribution in [0.1, 0.15) is 41.9 Å². The van der Waals surface area contributed by atoms with Gasteiger partial charge in [0.25, 0.3) is 0 Å². The van der Waals surface area contributed by atoms with Crippen molar-refractivity contribution in [1.29, 1.82) is 0 Å². The summed E-state index contributed by atoms with van der Waals surface area (Å²) < 4.78 is 2.10. The fraction of sp³-hybridized carbons (Fsp3) is 0.500. The zero-order valence-corrected chi connectivity index (χ0v) is 13.9. The van der Waals surface area contributed by atoms with E-state index in [4.69, 9.17) is 0 Å². The molecule has 0 aliphatic heterocycles. The molecule has 0 radical (unpaired) electrons. The van der Waals surface area contributed by atoms with E-state index in [1.165, 1.54) is 22.4 Å². The highest BCUT2D eigenvalue weighted by molar-refractivity contribution is 5.26. The third-order valence-corrected chi connectivity index (χ3v) is 4.06. The molecule has 2 rings (SSSR count). The van der Waals surface area contributed by atoms with Gasteiger partial charge in [-0.1, -0.05) is 38.1 Å². The van der Waals surface area contributed by atoms with E-state index in [-0.39, 0.29) is 0 Å². The van der Waals surface area contributed by atoms with E-state index in [0.717, 1.165) is 25.2 Å². The van der Waals surface area contributed by atoms with E-state index in [9.17, 15) is 0 Å². The molecule has 0 spiro atoms. The van der Waals surface area contributed by atoms with Gasteiger partial charge in [0, 0.05) is 11.7 Å². The van der Waals surface area contributed by atoms with Crippen LogP contribution in [-0.4, -0.2) is 22.4 Å². The van der Waals surface area contributed by atoms with Crippen molar-refractivity contribution in [2.45, 2.75) is 53.6 Å². The quantitative estimate of drug-likeness (QED) is 0.881. The van der Waals surface area contributed by atoms with Crippen LogP contribution >= 0.6 is 0 Å². The molecule has 0 atom stereocenters. The van der Waals surface area contributed by atoms with Gasteiger partial charge >= 0.3 is 0 Å². The molecule has 0 amide bonds. The van der Waals surface area contributed by atoms with Gasteiger partial charge in [0.05, 0.1) is 12.2 Å². The zero-order valence-electron chi connectivity index (χ0n) is 13.9. The standard InChI is InChI=1S/C18H27N3/c1-13(2)19-11-10-17-6-8-18(9-7-17)12-21-16(5)14(3)15(4)20-21/h6-9,13,19H,10-12H2,1-5H3. The molecule has 1 aromatic heterocycles. The molecule has 1 aromatic carbocycles. The van der Waals surface area contributed by atoms with Crippen molar-refractivity contribution in [2.75, 3.05) is 6.54 Å². The Labute approximate surface area is 128 Å². The molecule has 1 N–H and O–H groups in total. The Balaban J connectivity index is 1.97. The van der Waals surface area contributed by atoms with Crippen LogP contribution in [0.4, 0.5) is 0 Å². The summed E-state index contributed by atoms with van der Waals surface area (Å²) in [5.41, 5.74) is 6.38. The van der Waals surface area contributed by atoms with Gasteiger partial charge < -0.3 is 5.32 Å². The number of benzene rings is 1. The van der Waals surface area contributed by atoms with Crippen LogP contribution in [0.2, 0.25) is 0 Å². The second-order valence-corrected chi connectivity index (χ2v) is 6.13. The number of hydrogen-bond donors (Lipinski definition) is 1. The summed E-state index contributed by atoms with van der Waals surface area (Å²) in [4.78, 5) is 0. The van der Waals surface area contributed by atoms with E-state index in [2.05, 4.69) is 74.0 Å². The minimum atomic E-state index is 0.554. The smallest absolute Gasteiger partial charge is 0.0662 e. The summed E-state index contributed by atoms with van der Waals surface area (Å²) in [6, 6.07) is 9.46. The summed E-state index contributed by atoms with van der Waals surface area (Å²) >= 11 is 0. The SMILES string of the molecule is Cc1nn(Cc2ccc(CCNC(C)C)cc2)c(C)c1C. The Morgan fingerprint density at radius 2 is 1.67 bits per heavy atom. The molecule has 0 saturated heterocycles. The number of nitrogens with zero attached hydrogens (tertiary/aromatic N) is 2. The van der Waals surface area contributed by atoms with Gasteiger partial charge in [-0.2, -0.15) is 5.10 Å². The highest BCUT2D eigenvalue weighted by atomic mass is 15.3. The predicted molar refractivity (Wildman–Crippen MR) is 88.8 cm³/mol. The van der Waals surface area contributed by atoms with Crippen molar-refractivity contribution in [3.63, 3.8) is 0 Å². The lowest BCUT2D eigenvalue weighted by Crippen LogP contribution is -2.24. The largest absolute Gasteiger partial charge is 0.314 e. The van der Waals surface area contributed by atoms with E-state index in [1.54, 1.807) is 0 Å². The lowest BCUT2D eigenvalue weighted by molar-refractivity contribution is 0.590. The highest BCUT2D eigenvalue weighted by Gasteiger charge is 2.07. The second-order valence-electron chi connectivity index (χ2n) is 6.13. The van der Waals surface area contributed by atoms with Crippen LogP contribution in [-0.2, 0) is 13.0 Å². The van der Waals surface area contributed by atoms with Crippen molar-refractivity contribution >= 4 is 0 Å². The highest BCUT2D eigenvalue weighted by Crippen LogP contribution is 2.13. The Kier molecular flexibility index (Phi) is 5.18. The topological polar surface area (TPSA) is 29.9 Å². The van der Waals surface area contributed by atoms with Gasteiger partial charge in [0.1, 0.15) is 0 Å². The molecule has 0 saturated carbocycles. The predicted octanol–water partition coefficient (Wildman–Crippen LogP) is 3.40. The Hall–Kier alpha value is -1.61. The molecule has 0 unspecified atom stereocenters. The molecule has 0 aliphatic rings. The lowest BCUT2D eigenvalue weighted by Gasteiger charge is -2.09. The molecule has 3 nitrogen and oxygen atoms in total. The molecule has 0 fully saturated rings. The summed E-state index contributed by atoms with van der Waals surface area (Å²) in [6.45, 7) is 12.6. The van der Waals surface area contributed by atoms with Crippen LogP contribution in [0.3, 0.4) is 0 Å². The fourth-order valence-corrected chi connectivity index (χ4v) is 2.43. The monoisotopic (exact) mass is 285 g/mol. The number of aromatic nitrogens is 2. The minimum Gasteiger partial charge on any atom is -0.314 e. The Bertz CT molecular complexity index is 579. The van der Waals surface area contributed by atoms with Crippen LogP contribution in [0.15, 0.2) is 24.3 Å². The second kappa shape index (κ2) is 6.90. The maximum atomic E-state index is 4.60. The fourth-order valence-electron chi connectivity index (χ4n) is 2.43. The average Bonchev–Trinajstić information content (AvgIpc) is 2.68. The summed E-state index contributed by atoms with van der Waals surface area (Å²) in [6.07, 6.45) is 1.08. The van der Waals surface area contributed by atoms with Crippen molar-refractivity contribution in [3.05, 3.63) is 52.3 Å². The van der Waals surface area contributed by atoms with Gasteiger partial charge in [-0.25, -0.2) is 0 Å². The molecule has 3 heteroatoms. The molecular weight excluding hydrogens is 258 g/mol. The summed E-state index contributed by atoms with van der Waals surface area (Å²) in [7, 11) is 0. The van der Waals surface area contributed by atoms with E-state index in [1.807, 2.05) is 0 Å². The molecular formula is C18H27N3. The number of nitrogens with one attached hydrogen (secondary N) is 1. The summed E-state index contributed by atoms with van der Waals surface area (Å²) in [5, 5.41) is 8.05. The van der Waals surface area contributed by atoms with Crippen LogP contribution in [0.5, 0.6) is 0 Å². The summed E-state index contributed by atoms with van der Waals surface area (Å²) in [5.74, 6) is 0. The van der Waals surface area contributed by atoms with E-state index < -0.39 is 0 Å². The van der Waals surface area contributed by atoms with Crippen LogP contribution in [0, 0.1) is 20.8 Å². The average molecular weight is 285 g/mol. The first-order chi connectivity index (χ1) is 9.97. The van der Waals surface area contributed by atoms with Gasteiger partial charge in [-0.15, -0.1) is 0 Å². The minimum absolute atomic E-state index is 0.554. The zero-order chi connectivity index (χ0) is 15.4. The normalized spacial score (nSPS) is 11.3. The molecule has 1 heterocycles. The lowest BCUT2D eigenvalue weighted by atomic mass is 10.1. The van der Waals surface area contributed by atoms with Crippen molar-refractivity contribution in [1.82, 2.24) is 15.1 Å². The van der Waals surface area contributed by atoms with Crippen molar-refractivity contribution in [3.8, 4) is 0 Å². The Morgan fingerprint density at radius 1 is 1.05 bits per heavy atom. The van der Waals surface area contributed by atoms with E-state index >= 15 is 0 Å². The van der Waals surface area contributed by atoms with Gasteiger partial charge in [0.2, 0.25) is 0 Å². The molecule has 2 aromatic rings. The molecule has 0 bridgehead atoms. The van der Waals surface area contributed by atoms with Crippen LogP contribution < -0.4 is 5.32 Å². The van der Waals surface area contributed by atoms with Gasteiger partial charge in [-0.3, -0.25) is 4.68 Å². The Morgan fingerprint density at radius 3 is 2.19 bits per heavy atom. The third kappa shape index (κ3) is 4.18. The number of aryl methyl sites for hydroxylation is 1.